The number of aryl methyl sites for hydroxylation is 2. The average molecular weight is 638 g/mol. The van der Waals surface area contributed by atoms with E-state index in [1.807, 2.05) is 72.2 Å². The van der Waals surface area contributed by atoms with Crippen LogP contribution in [0, 0.1) is 51.6 Å². The number of hydrogen-bond acceptors (Lipinski definition) is 4. The van der Waals surface area contributed by atoms with Gasteiger partial charge in [-0.2, -0.15) is 0 Å². The molecular formula is C32H31ArBBrN2O4. The molecular weight excluding hydrogens is 607 g/mol. The minimum Gasteiger partial charge on any atom is -0.429 e. The first kappa shape index (κ1) is 34.5. The fourth-order valence-electron chi connectivity index (χ4n) is 3.94. The maximum Gasteiger partial charge on any atom is 0.482 e. The molecule has 3 aromatic carbocycles. The van der Waals surface area contributed by atoms with E-state index < -0.39 is 0 Å². The van der Waals surface area contributed by atoms with Crippen LogP contribution in [0.2, 0.25) is 0 Å². The molecule has 6 nitrogen and oxygen atoms in total. The smallest absolute Gasteiger partial charge is 0.429 e. The second-order valence-electron chi connectivity index (χ2n) is 9.06. The molecule has 1 radical (unpaired) electrons. The Hall–Kier alpha value is -2.72. The first-order valence-corrected chi connectivity index (χ1v) is 13.4. The molecule has 0 saturated heterocycles. The van der Waals surface area contributed by atoms with Crippen LogP contribution in [0.3, 0.4) is 0 Å². The van der Waals surface area contributed by atoms with Crippen LogP contribution < -0.4 is 11.1 Å². The Bertz CT molecular complexity index is 1610. The second kappa shape index (κ2) is 18.0. The van der Waals surface area contributed by atoms with Crippen molar-refractivity contribution < 1.29 is 47.8 Å². The van der Waals surface area contributed by atoms with Gasteiger partial charge in [0, 0.05) is 49.9 Å². The molecule has 0 amide bonds. The molecule has 0 saturated carbocycles. The summed E-state index contributed by atoms with van der Waals surface area (Å²) in [5.74, 6) is 0. The number of halogens is 1. The molecule has 0 atom stereocenters. The number of hydrogen-bond donors (Lipinski definition) is 2. The summed E-state index contributed by atoms with van der Waals surface area (Å²) in [5, 5.41) is 14.0. The topological polar surface area (TPSA) is 84.5 Å². The summed E-state index contributed by atoms with van der Waals surface area (Å²) >= 11 is 3.38. The van der Waals surface area contributed by atoms with Crippen molar-refractivity contribution in [1.82, 2.24) is 9.13 Å². The van der Waals surface area contributed by atoms with Gasteiger partial charge in [-0.3, -0.25) is 14.2 Å². The summed E-state index contributed by atoms with van der Waals surface area (Å²) in [5.41, 5.74) is 6.74. The maximum atomic E-state index is 12.2. The van der Waals surface area contributed by atoms with Gasteiger partial charge >= 0.3 is 7.69 Å². The Balaban J connectivity index is 0.000000264. The van der Waals surface area contributed by atoms with Crippen molar-refractivity contribution in [2.75, 3.05) is 0 Å². The van der Waals surface area contributed by atoms with Gasteiger partial charge in [0.15, 0.2) is 0 Å². The minimum absolute atomic E-state index is 0. The van der Waals surface area contributed by atoms with E-state index in [4.69, 9.17) is 10.0 Å². The standard InChI is InChI=1S/C19H17NO.C13H12BrNO.Ar.BH2O2/c1-15-10-12-16(13-11-15)14-20-18(8-5-9-19(20)21)17-6-3-2-4-7-17;1-10-5-7-11(8-6-10)9-15-12(14)3-2-4-13(15)16;;2-1-3/h2-13H,14H2,1H3;2-8H,9H2,1H3;;2-3H. The predicted molar refractivity (Wildman–Crippen MR) is 165 cm³/mol. The molecule has 2 N–H and O–H groups in total. The molecule has 0 unspecified atom stereocenters. The van der Waals surface area contributed by atoms with Crippen molar-refractivity contribution in [2.45, 2.75) is 26.9 Å². The van der Waals surface area contributed by atoms with Crippen LogP contribution >= 0.6 is 15.9 Å². The van der Waals surface area contributed by atoms with Crippen LogP contribution in [-0.2, 0) is 13.1 Å². The van der Waals surface area contributed by atoms with Gasteiger partial charge in [-0.25, -0.2) is 0 Å². The second-order valence-corrected chi connectivity index (χ2v) is 9.87. The Kier molecular flexibility index (Phi) is 15.1. The van der Waals surface area contributed by atoms with E-state index in [0.717, 1.165) is 27.0 Å². The van der Waals surface area contributed by atoms with E-state index in [1.165, 1.54) is 11.1 Å². The molecule has 0 spiro atoms. The van der Waals surface area contributed by atoms with Crippen LogP contribution in [-0.4, -0.2) is 26.9 Å². The van der Waals surface area contributed by atoms with E-state index in [2.05, 4.69) is 59.3 Å². The van der Waals surface area contributed by atoms with Gasteiger partial charge in [-0.1, -0.05) is 102 Å². The number of rotatable bonds is 5. The summed E-state index contributed by atoms with van der Waals surface area (Å²) in [4.78, 5) is 23.9. The summed E-state index contributed by atoms with van der Waals surface area (Å²) in [6.07, 6.45) is 0. The van der Waals surface area contributed by atoms with E-state index in [1.54, 1.807) is 22.8 Å². The molecule has 0 bridgehead atoms. The monoisotopic (exact) mass is 637 g/mol. The number of nitrogens with zero attached hydrogens (tertiary/aromatic N) is 2. The Labute approximate surface area is 279 Å². The maximum absolute atomic E-state index is 12.2. The SMILES string of the molecule is Cc1ccc(Cn2c(-c3ccccc3)cccc2=O)cc1.Cc1ccc(Cn2c(Br)cccc2=O)cc1.O[B]O.[Ar]. The molecule has 211 valence electrons. The minimum atomic E-state index is 0. The number of aromatic nitrogens is 2. The zero-order chi connectivity index (χ0) is 28.9. The third-order valence-electron chi connectivity index (χ3n) is 6.04. The molecule has 0 aliphatic rings. The average Bonchev–Trinajstić information content (AvgIpc) is 2.95. The fraction of sp³-hybridized carbons (Fsp3) is 0.125. The van der Waals surface area contributed by atoms with Crippen molar-refractivity contribution in [2.24, 2.45) is 0 Å². The van der Waals surface area contributed by atoms with Crippen LogP contribution in [0.1, 0.15) is 22.3 Å². The van der Waals surface area contributed by atoms with E-state index in [0.29, 0.717) is 13.1 Å². The first-order valence-electron chi connectivity index (χ1n) is 12.6. The van der Waals surface area contributed by atoms with Gasteiger partial charge in [0.05, 0.1) is 23.4 Å². The zero-order valence-electron chi connectivity index (χ0n) is 22.8. The van der Waals surface area contributed by atoms with Crippen LogP contribution in [0.25, 0.3) is 11.3 Å². The molecule has 41 heavy (non-hydrogen) atoms. The van der Waals surface area contributed by atoms with Gasteiger partial charge in [0.2, 0.25) is 0 Å². The predicted octanol–water partition coefficient (Wildman–Crippen LogP) is 5.34. The van der Waals surface area contributed by atoms with Gasteiger partial charge in [0.1, 0.15) is 0 Å². The Morgan fingerprint density at radius 1 is 0.610 bits per heavy atom. The van der Waals surface area contributed by atoms with Crippen LogP contribution in [0.5, 0.6) is 0 Å². The Morgan fingerprint density at radius 3 is 1.54 bits per heavy atom. The summed E-state index contributed by atoms with van der Waals surface area (Å²) in [6, 6.07) is 37.1. The van der Waals surface area contributed by atoms with Crippen molar-refractivity contribution in [3.05, 3.63) is 163 Å². The molecule has 5 rings (SSSR count). The molecule has 9 heteroatoms. The van der Waals surface area contributed by atoms with Crippen molar-refractivity contribution in [3.63, 3.8) is 0 Å². The fourth-order valence-corrected chi connectivity index (χ4v) is 4.40. The normalized spacial score (nSPS) is 9.78. The summed E-state index contributed by atoms with van der Waals surface area (Å²) in [6.45, 7) is 5.30. The molecule has 0 aliphatic heterocycles. The van der Waals surface area contributed by atoms with Crippen molar-refractivity contribution >= 4 is 23.6 Å². The summed E-state index contributed by atoms with van der Waals surface area (Å²) < 4.78 is 4.32. The number of benzene rings is 3. The third-order valence-corrected chi connectivity index (χ3v) is 6.73. The molecule has 5 aromatic rings. The Morgan fingerprint density at radius 2 is 1.05 bits per heavy atom. The van der Waals surface area contributed by atoms with E-state index >= 15 is 0 Å². The number of pyridine rings is 2. The largest absolute Gasteiger partial charge is 0.482 e. The van der Waals surface area contributed by atoms with Gasteiger partial charge in [-0.05, 0) is 58.6 Å². The van der Waals surface area contributed by atoms with Gasteiger partial charge in [-0.15, -0.1) is 0 Å². The van der Waals surface area contributed by atoms with Crippen molar-refractivity contribution in [3.8, 4) is 11.3 Å². The zero-order valence-corrected chi connectivity index (χ0v) is 25.1. The molecule has 2 aromatic heterocycles. The molecule has 2 heterocycles. The van der Waals surface area contributed by atoms with Crippen LogP contribution in [0.4, 0.5) is 0 Å². The van der Waals surface area contributed by atoms with Crippen LogP contribution in [0.15, 0.2) is 129 Å². The van der Waals surface area contributed by atoms with E-state index in [9.17, 15) is 9.59 Å². The first-order chi connectivity index (χ1) is 19.3. The van der Waals surface area contributed by atoms with Gasteiger partial charge in [0.25, 0.3) is 11.1 Å². The molecule has 0 aliphatic carbocycles. The quantitative estimate of drug-likeness (QED) is 0.201. The molecule has 0 fully saturated rings. The summed E-state index contributed by atoms with van der Waals surface area (Å²) in [7, 11) is 0. The third kappa shape index (κ3) is 10.9. The van der Waals surface area contributed by atoms with E-state index in [-0.39, 0.29) is 56.5 Å². The van der Waals surface area contributed by atoms with Gasteiger partial charge < -0.3 is 14.6 Å². The van der Waals surface area contributed by atoms with Crippen molar-refractivity contribution in [1.29, 1.82) is 0 Å².